The molecule has 3 aromatic rings. The molecule has 0 saturated heterocycles. The van der Waals surface area contributed by atoms with E-state index in [1.807, 2.05) is 19.1 Å². The zero-order valence-corrected chi connectivity index (χ0v) is 13.8. The van der Waals surface area contributed by atoms with E-state index in [9.17, 15) is 4.79 Å². The van der Waals surface area contributed by atoms with E-state index in [2.05, 4.69) is 27.3 Å². The van der Waals surface area contributed by atoms with E-state index in [0.717, 1.165) is 23.5 Å². The highest BCUT2D eigenvalue weighted by Crippen LogP contribution is 2.22. The van der Waals surface area contributed by atoms with Gasteiger partial charge in [-0.3, -0.25) is 4.79 Å². The molecule has 0 unspecified atom stereocenters. The van der Waals surface area contributed by atoms with E-state index in [4.69, 9.17) is 0 Å². The molecule has 0 aliphatic heterocycles. The monoisotopic (exact) mass is 327 g/mol. The van der Waals surface area contributed by atoms with Gasteiger partial charge in [-0.15, -0.1) is 11.3 Å². The molecule has 3 aromatic heterocycles. The summed E-state index contributed by atoms with van der Waals surface area (Å²) in [5, 5.41) is 8.08. The molecule has 0 bridgehead atoms. The van der Waals surface area contributed by atoms with Crippen LogP contribution in [0.2, 0.25) is 0 Å². The Balaban J connectivity index is 1.87. The van der Waals surface area contributed by atoms with Crippen molar-refractivity contribution in [2.24, 2.45) is 0 Å². The van der Waals surface area contributed by atoms with Crippen molar-refractivity contribution < 1.29 is 4.79 Å². The largest absolute Gasteiger partial charge is 0.318 e. The number of amides is 1. The van der Waals surface area contributed by atoms with E-state index < -0.39 is 0 Å². The van der Waals surface area contributed by atoms with Crippen LogP contribution >= 0.6 is 11.3 Å². The fraction of sp³-hybridized carbons (Fsp3) is 0.250. The second kappa shape index (κ2) is 6.70. The summed E-state index contributed by atoms with van der Waals surface area (Å²) < 4.78 is 1.62. The van der Waals surface area contributed by atoms with Gasteiger partial charge in [0.1, 0.15) is 4.88 Å². The van der Waals surface area contributed by atoms with Crippen LogP contribution in [0.15, 0.2) is 36.8 Å². The number of rotatable bonds is 5. The molecule has 0 spiro atoms. The summed E-state index contributed by atoms with van der Waals surface area (Å²) in [7, 11) is 0. The molecule has 0 fully saturated rings. The van der Waals surface area contributed by atoms with Crippen LogP contribution in [-0.4, -0.2) is 25.7 Å². The predicted octanol–water partition coefficient (Wildman–Crippen LogP) is 3.24. The summed E-state index contributed by atoms with van der Waals surface area (Å²) in [6.45, 7) is 3.96. The lowest BCUT2D eigenvalue weighted by Crippen LogP contribution is -2.14. The van der Waals surface area contributed by atoms with Gasteiger partial charge in [0.15, 0.2) is 5.82 Å². The molecule has 1 amide bonds. The molecule has 6 nitrogen and oxygen atoms in total. The first-order valence-corrected chi connectivity index (χ1v) is 8.23. The van der Waals surface area contributed by atoms with Crippen molar-refractivity contribution in [3.05, 3.63) is 52.4 Å². The molecule has 3 heterocycles. The summed E-state index contributed by atoms with van der Waals surface area (Å²) in [6.07, 6.45) is 7.04. The van der Waals surface area contributed by atoms with Gasteiger partial charge in [0.25, 0.3) is 5.91 Å². The second-order valence-corrected chi connectivity index (χ2v) is 6.14. The lowest BCUT2D eigenvalue weighted by Gasteiger charge is -2.09. The molecule has 0 aliphatic carbocycles. The predicted molar refractivity (Wildman–Crippen MR) is 90.2 cm³/mol. The minimum Gasteiger partial charge on any atom is -0.318 e. The highest BCUT2D eigenvalue weighted by atomic mass is 32.1. The number of nitrogens with zero attached hydrogens (tertiary/aromatic N) is 4. The number of hydrogen-bond donors (Lipinski definition) is 1. The van der Waals surface area contributed by atoms with Crippen LogP contribution in [0.25, 0.3) is 5.82 Å². The fourth-order valence-corrected chi connectivity index (χ4v) is 3.30. The Kier molecular flexibility index (Phi) is 4.47. The second-order valence-electron chi connectivity index (χ2n) is 5.05. The number of carbonyl (C=O) groups excluding carboxylic acids is 1. The number of aryl methyl sites for hydroxylation is 2. The number of carbonyl (C=O) groups is 1. The molecular weight excluding hydrogens is 310 g/mol. The zero-order valence-electron chi connectivity index (χ0n) is 13.0. The molecular formula is C16H17N5OS. The average Bonchev–Trinajstić information content (AvgIpc) is 3.18. The van der Waals surface area contributed by atoms with Crippen molar-refractivity contribution in [2.75, 3.05) is 5.32 Å². The maximum Gasteiger partial charge on any atom is 0.267 e. The molecule has 0 aromatic carbocycles. The van der Waals surface area contributed by atoms with Gasteiger partial charge in [-0.2, -0.15) is 5.10 Å². The van der Waals surface area contributed by atoms with E-state index in [-0.39, 0.29) is 5.91 Å². The normalized spacial score (nSPS) is 10.7. The molecule has 7 heteroatoms. The smallest absolute Gasteiger partial charge is 0.267 e. The summed E-state index contributed by atoms with van der Waals surface area (Å²) in [4.78, 5) is 22.0. The zero-order chi connectivity index (χ0) is 16.2. The topological polar surface area (TPSA) is 72.7 Å². The Bertz CT molecular complexity index is 810. The Hall–Kier alpha value is -2.54. The van der Waals surface area contributed by atoms with Crippen LogP contribution in [-0.2, 0) is 6.42 Å². The SMILES string of the molecule is CCCc1nc(C)c(C(=O)Nc2cccnc2-n2cccn2)s1. The number of anilines is 1. The summed E-state index contributed by atoms with van der Waals surface area (Å²) in [5.41, 5.74) is 1.38. The van der Waals surface area contributed by atoms with Gasteiger partial charge >= 0.3 is 0 Å². The van der Waals surface area contributed by atoms with Gasteiger partial charge < -0.3 is 5.32 Å². The van der Waals surface area contributed by atoms with Crippen LogP contribution in [0.5, 0.6) is 0 Å². The average molecular weight is 327 g/mol. The third-order valence-corrected chi connectivity index (χ3v) is 4.48. The first-order valence-electron chi connectivity index (χ1n) is 7.41. The van der Waals surface area contributed by atoms with E-state index in [1.54, 1.807) is 29.3 Å². The molecule has 1 N–H and O–H groups in total. The van der Waals surface area contributed by atoms with Crippen LogP contribution < -0.4 is 5.32 Å². The summed E-state index contributed by atoms with van der Waals surface area (Å²) in [5.74, 6) is 0.422. The first-order chi connectivity index (χ1) is 11.2. The summed E-state index contributed by atoms with van der Waals surface area (Å²) in [6, 6.07) is 5.40. The van der Waals surface area contributed by atoms with Gasteiger partial charge in [0.2, 0.25) is 0 Å². The van der Waals surface area contributed by atoms with Crippen LogP contribution in [0.3, 0.4) is 0 Å². The fourth-order valence-electron chi connectivity index (χ4n) is 2.23. The highest BCUT2D eigenvalue weighted by Gasteiger charge is 2.17. The Morgan fingerprint density at radius 2 is 2.22 bits per heavy atom. The Morgan fingerprint density at radius 3 is 2.96 bits per heavy atom. The lowest BCUT2D eigenvalue weighted by atomic mass is 10.3. The molecule has 0 radical (unpaired) electrons. The van der Waals surface area contributed by atoms with Crippen molar-refractivity contribution in [2.45, 2.75) is 26.7 Å². The van der Waals surface area contributed by atoms with E-state index >= 15 is 0 Å². The van der Waals surface area contributed by atoms with Gasteiger partial charge in [-0.1, -0.05) is 6.92 Å². The number of pyridine rings is 1. The van der Waals surface area contributed by atoms with Crippen LogP contribution in [0, 0.1) is 6.92 Å². The number of nitrogens with one attached hydrogen (secondary N) is 1. The summed E-state index contributed by atoms with van der Waals surface area (Å²) >= 11 is 1.45. The lowest BCUT2D eigenvalue weighted by molar-refractivity contribution is 0.102. The Morgan fingerprint density at radius 1 is 1.35 bits per heavy atom. The van der Waals surface area contributed by atoms with Crippen molar-refractivity contribution in [3.8, 4) is 5.82 Å². The van der Waals surface area contributed by atoms with Crippen molar-refractivity contribution >= 4 is 22.9 Å². The standard InChI is InChI=1S/C16H17N5OS/c1-3-6-13-19-11(2)14(23-13)16(22)20-12-7-4-8-17-15(12)21-10-5-9-18-21/h4-5,7-10H,3,6H2,1-2H3,(H,20,22). The number of thiazole rings is 1. The molecule has 23 heavy (non-hydrogen) atoms. The number of hydrogen-bond acceptors (Lipinski definition) is 5. The Labute approximate surface area is 138 Å². The molecule has 0 atom stereocenters. The van der Waals surface area contributed by atoms with Gasteiger partial charge in [0.05, 0.1) is 16.4 Å². The van der Waals surface area contributed by atoms with E-state index in [0.29, 0.717) is 16.4 Å². The third kappa shape index (κ3) is 3.29. The minimum absolute atomic E-state index is 0.163. The molecule has 0 aliphatic rings. The molecule has 3 rings (SSSR count). The van der Waals surface area contributed by atoms with Crippen molar-refractivity contribution in [3.63, 3.8) is 0 Å². The molecule has 0 saturated carbocycles. The van der Waals surface area contributed by atoms with Crippen molar-refractivity contribution in [1.29, 1.82) is 0 Å². The van der Waals surface area contributed by atoms with Gasteiger partial charge in [0, 0.05) is 18.6 Å². The minimum atomic E-state index is -0.163. The van der Waals surface area contributed by atoms with E-state index in [1.165, 1.54) is 11.3 Å². The van der Waals surface area contributed by atoms with Gasteiger partial charge in [-0.25, -0.2) is 14.6 Å². The maximum absolute atomic E-state index is 12.6. The molecule has 118 valence electrons. The van der Waals surface area contributed by atoms with Crippen LogP contribution in [0.4, 0.5) is 5.69 Å². The van der Waals surface area contributed by atoms with Gasteiger partial charge in [-0.05, 0) is 38.0 Å². The first kappa shape index (κ1) is 15.4. The maximum atomic E-state index is 12.6. The quantitative estimate of drug-likeness (QED) is 0.781. The van der Waals surface area contributed by atoms with Crippen molar-refractivity contribution in [1.82, 2.24) is 19.7 Å². The highest BCUT2D eigenvalue weighted by molar-refractivity contribution is 7.13. The third-order valence-electron chi connectivity index (χ3n) is 3.27. The van der Waals surface area contributed by atoms with Crippen LogP contribution in [0.1, 0.15) is 33.7 Å². The number of aromatic nitrogens is 4.